The molecule has 0 saturated carbocycles. The van der Waals surface area contributed by atoms with E-state index in [1.165, 1.54) is 18.9 Å². The molecule has 2 N–H and O–H groups in total. The fraction of sp³-hybridized carbons (Fsp3) is 0.588. The van der Waals surface area contributed by atoms with Crippen molar-refractivity contribution in [2.75, 3.05) is 31.5 Å². The minimum atomic E-state index is -0.285. The average molecular weight is 305 g/mol. The Morgan fingerprint density at radius 3 is 3.14 bits per heavy atom. The van der Waals surface area contributed by atoms with Crippen LogP contribution < -0.4 is 10.6 Å². The third kappa shape index (κ3) is 3.65. The molecule has 5 heteroatoms. The molecular formula is C17H24FN3O. The summed E-state index contributed by atoms with van der Waals surface area (Å²) < 4.78 is 13.5. The molecule has 1 aromatic carbocycles. The molecular weight excluding hydrogens is 281 g/mol. The molecule has 0 bridgehead atoms. The zero-order valence-electron chi connectivity index (χ0n) is 13.1. The van der Waals surface area contributed by atoms with E-state index in [9.17, 15) is 9.18 Å². The number of carbonyl (C=O) groups excluding carboxylic acids is 1. The van der Waals surface area contributed by atoms with Gasteiger partial charge < -0.3 is 10.6 Å². The van der Waals surface area contributed by atoms with E-state index < -0.39 is 0 Å². The standard InChI is InChI=1S/C17H24FN3O/c1-12-4-5-14(9-15(12)18)20-17(22)11-21-8-6-16-13(10-21)3-2-7-19-16/h4-5,9,13,16,19H,2-3,6-8,10-11H2,1H3,(H,20,22)/t13-,16+/m1/s1. The van der Waals surface area contributed by atoms with E-state index >= 15 is 0 Å². The van der Waals surface area contributed by atoms with Crippen molar-refractivity contribution in [3.63, 3.8) is 0 Å². The van der Waals surface area contributed by atoms with Crippen molar-refractivity contribution in [1.29, 1.82) is 0 Å². The van der Waals surface area contributed by atoms with Gasteiger partial charge in [-0.05, 0) is 56.3 Å². The van der Waals surface area contributed by atoms with Crippen molar-refractivity contribution >= 4 is 11.6 Å². The zero-order valence-corrected chi connectivity index (χ0v) is 13.1. The minimum absolute atomic E-state index is 0.0644. The van der Waals surface area contributed by atoms with Crippen molar-refractivity contribution < 1.29 is 9.18 Å². The number of nitrogens with one attached hydrogen (secondary N) is 2. The number of piperidine rings is 2. The van der Waals surface area contributed by atoms with Gasteiger partial charge in [0.2, 0.25) is 5.91 Å². The summed E-state index contributed by atoms with van der Waals surface area (Å²) in [6.07, 6.45) is 3.58. The quantitative estimate of drug-likeness (QED) is 0.899. The third-order valence-corrected chi connectivity index (χ3v) is 4.80. The summed E-state index contributed by atoms with van der Waals surface area (Å²) in [5.41, 5.74) is 1.12. The molecule has 22 heavy (non-hydrogen) atoms. The van der Waals surface area contributed by atoms with Gasteiger partial charge in [0.1, 0.15) is 5.82 Å². The topological polar surface area (TPSA) is 44.4 Å². The number of hydrogen-bond donors (Lipinski definition) is 2. The van der Waals surface area contributed by atoms with Crippen LogP contribution in [0.2, 0.25) is 0 Å². The van der Waals surface area contributed by atoms with Crippen molar-refractivity contribution in [3.8, 4) is 0 Å². The molecule has 2 atom stereocenters. The Morgan fingerprint density at radius 2 is 2.32 bits per heavy atom. The molecule has 1 aromatic rings. The Hall–Kier alpha value is -1.46. The van der Waals surface area contributed by atoms with Crippen LogP contribution >= 0.6 is 0 Å². The van der Waals surface area contributed by atoms with Gasteiger partial charge in [0.15, 0.2) is 0 Å². The fourth-order valence-electron chi connectivity index (χ4n) is 3.54. The average Bonchev–Trinajstić information content (AvgIpc) is 2.51. The lowest BCUT2D eigenvalue weighted by Gasteiger charge is -2.41. The molecule has 0 spiro atoms. The summed E-state index contributed by atoms with van der Waals surface area (Å²) in [6.45, 7) is 5.15. The van der Waals surface area contributed by atoms with E-state index in [0.717, 1.165) is 26.1 Å². The van der Waals surface area contributed by atoms with Gasteiger partial charge in [0.05, 0.1) is 6.54 Å². The van der Waals surface area contributed by atoms with Crippen molar-refractivity contribution in [1.82, 2.24) is 10.2 Å². The Morgan fingerprint density at radius 1 is 1.45 bits per heavy atom. The Balaban J connectivity index is 1.52. The number of aryl methyl sites for hydroxylation is 1. The van der Waals surface area contributed by atoms with E-state index in [4.69, 9.17) is 0 Å². The Bertz CT molecular complexity index is 549. The van der Waals surface area contributed by atoms with Crippen LogP contribution in [0, 0.1) is 18.7 Å². The van der Waals surface area contributed by atoms with Crippen LogP contribution in [0.4, 0.5) is 10.1 Å². The SMILES string of the molecule is Cc1ccc(NC(=O)CN2CC[C@@H]3NCCC[C@@H]3C2)cc1F. The number of hydrogen-bond acceptors (Lipinski definition) is 3. The maximum absolute atomic E-state index is 13.5. The summed E-state index contributed by atoms with van der Waals surface area (Å²) in [6, 6.07) is 5.43. The van der Waals surface area contributed by atoms with Gasteiger partial charge >= 0.3 is 0 Å². The maximum Gasteiger partial charge on any atom is 0.238 e. The van der Waals surface area contributed by atoms with Crippen LogP contribution in [-0.2, 0) is 4.79 Å². The van der Waals surface area contributed by atoms with Gasteiger partial charge in [0, 0.05) is 24.8 Å². The second-order valence-corrected chi connectivity index (χ2v) is 6.50. The molecule has 0 radical (unpaired) electrons. The van der Waals surface area contributed by atoms with Crippen LogP contribution in [-0.4, -0.2) is 43.0 Å². The van der Waals surface area contributed by atoms with Crippen LogP contribution in [0.25, 0.3) is 0 Å². The first-order valence-electron chi connectivity index (χ1n) is 8.13. The number of likely N-dealkylation sites (tertiary alicyclic amines) is 1. The first-order valence-corrected chi connectivity index (χ1v) is 8.13. The second kappa shape index (κ2) is 6.75. The van der Waals surface area contributed by atoms with Crippen LogP contribution in [0.5, 0.6) is 0 Å². The summed E-state index contributed by atoms with van der Waals surface area (Å²) in [4.78, 5) is 14.4. The lowest BCUT2D eigenvalue weighted by molar-refractivity contribution is -0.117. The predicted octanol–water partition coefficient (Wildman–Crippen LogP) is 2.15. The molecule has 3 rings (SSSR count). The summed E-state index contributed by atoms with van der Waals surface area (Å²) in [7, 11) is 0. The number of benzene rings is 1. The lowest BCUT2D eigenvalue weighted by Crippen LogP contribution is -2.53. The molecule has 0 aromatic heterocycles. The Kier molecular flexibility index (Phi) is 4.74. The minimum Gasteiger partial charge on any atom is -0.325 e. The van der Waals surface area contributed by atoms with Gasteiger partial charge in [0.25, 0.3) is 0 Å². The second-order valence-electron chi connectivity index (χ2n) is 6.50. The number of halogens is 1. The molecule has 2 aliphatic rings. The van der Waals surface area contributed by atoms with E-state index in [-0.39, 0.29) is 11.7 Å². The number of rotatable bonds is 3. The molecule has 2 heterocycles. The van der Waals surface area contributed by atoms with Crippen molar-refractivity contribution in [2.24, 2.45) is 5.92 Å². The number of anilines is 1. The third-order valence-electron chi connectivity index (χ3n) is 4.80. The number of nitrogens with zero attached hydrogens (tertiary/aromatic N) is 1. The smallest absolute Gasteiger partial charge is 0.238 e. The summed E-state index contributed by atoms with van der Waals surface area (Å²) in [5, 5.41) is 6.37. The van der Waals surface area contributed by atoms with Crippen molar-refractivity contribution in [2.45, 2.75) is 32.2 Å². The molecule has 0 aliphatic carbocycles. The highest BCUT2D eigenvalue weighted by Gasteiger charge is 2.31. The summed E-state index contributed by atoms with van der Waals surface area (Å²) in [5.74, 6) is 0.310. The largest absolute Gasteiger partial charge is 0.325 e. The molecule has 4 nitrogen and oxygen atoms in total. The fourth-order valence-corrected chi connectivity index (χ4v) is 3.54. The highest BCUT2D eigenvalue weighted by molar-refractivity contribution is 5.92. The van der Waals surface area contributed by atoms with E-state index in [2.05, 4.69) is 15.5 Å². The highest BCUT2D eigenvalue weighted by atomic mass is 19.1. The lowest BCUT2D eigenvalue weighted by atomic mass is 9.85. The molecule has 0 unspecified atom stereocenters. The Labute approximate surface area is 131 Å². The van der Waals surface area contributed by atoms with E-state index in [0.29, 0.717) is 29.8 Å². The predicted molar refractivity (Wildman–Crippen MR) is 85.3 cm³/mol. The molecule has 1 amide bonds. The highest BCUT2D eigenvalue weighted by Crippen LogP contribution is 2.24. The molecule has 120 valence electrons. The number of amides is 1. The summed E-state index contributed by atoms with van der Waals surface area (Å²) >= 11 is 0. The van der Waals surface area contributed by atoms with Crippen LogP contribution in [0.1, 0.15) is 24.8 Å². The first-order chi connectivity index (χ1) is 10.6. The normalized spacial score (nSPS) is 25.5. The van der Waals surface area contributed by atoms with Crippen molar-refractivity contribution in [3.05, 3.63) is 29.6 Å². The van der Waals surface area contributed by atoms with Crippen LogP contribution in [0.3, 0.4) is 0 Å². The number of fused-ring (bicyclic) bond motifs is 1. The maximum atomic E-state index is 13.5. The van der Waals surface area contributed by atoms with Gasteiger partial charge in [-0.2, -0.15) is 0 Å². The van der Waals surface area contributed by atoms with E-state index in [1.807, 2.05) is 0 Å². The molecule has 2 fully saturated rings. The monoisotopic (exact) mass is 305 g/mol. The van der Waals surface area contributed by atoms with Gasteiger partial charge in [-0.25, -0.2) is 4.39 Å². The zero-order chi connectivity index (χ0) is 15.5. The van der Waals surface area contributed by atoms with Gasteiger partial charge in [-0.3, -0.25) is 9.69 Å². The molecule has 2 aliphatic heterocycles. The number of carbonyl (C=O) groups is 1. The van der Waals surface area contributed by atoms with Gasteiger partial charge in [-0.15, -0.1) is 0 Å². The first kappa shape index (κ1) is 15.4. The molecule has 2 saturated heterocycles. The van der Waals surface area contributed by atoms with Crippen LogP contribution in [0.15, 0.2) is 18.2 Å². The van der Waals surface area contributed by atoms with Gasteiger partial charge in [-0.1, -0.05) is 6.07 Å². The van der Waals surface area contributed by atoms with E-state index in [1.54, 1.807) is 19.1 Å².